The highest BCUT2D eigenvalue weighted by Crippen LogP contribution is 2.45. The molecule has 1 spiro atoms. The molecule has 2 fully saturated rings. The van der Waals surface area contributed by atoms with Gasteiger partial charge >= 0.3 is 6.09 Å². The second-order valence-electron chi connectivity index (χ2n) is 4.92. The number of carbonyl (C=O) groups is 1. The van der Waals surface area contributed by atoms with E-state index in [0.717, 1.165) is 25.1 Å². The van der Waals surface area contributed by atoms with Crippen molar-refractivity contribution in [2.45, 2.75) is 18.4 Å². The summed E-state index contributed by atoms with van der Waals surface area (Å²) in [5.41, 5.74) is 0.847. The maximum atomic E-state index is 11.2. The van der Waals surface area contributed by atoms with Gasteiger partial charge in [-0.3, -0.25) is 4.90 Å². The highest BCUT2D eigenvalue weighted by Gasteiger charge is 2.53. The van der Waals surface area contributed by atoms with Crippen LogP contribution in [0.2, 0.25) is 5.15 Å². The smallest absolute Gasteiger partial charge is 0.407 e. The Hall–Kier alpha value is -1.49. The number of hydrogen-bond acceptors (Lipinski definition) is 3. The molecule has 1 aliphatic carbocycles. The van der Waals surface area contributed by atoms with Crippen molar-refractivity contribution in [1.29, 1.82) is 0 Å². The number of nitrogens with zero attached hydrogens (tertiary/aromatic N) is 3. The molecule has 3 rings (SSSR count). The van der Waals surface area contributed by atoms with Gasteiger partial charge in [0, 0.05) is 19.6 Å². The van der Waals surface area contributed by atoms with Crippen LogP contribution in [0.25, 0.3) is 0 Å². The van der Waals surface area contributed by atoms with Gasteiger partial charge in [0.25, 0.3) is 0 Å². The van der Waals surface area contributed by atoms with E-state index in [0.29, 0.717) is 18.2 Å². The Morgan fingerprint density at radius 1 is 1.39 bits per heavy atom. The van der Waals surface area contributed by atoms with Crippen LogP contribution in [0.3, 0.4) is 0 Å². The summed E-state index contributed by atoms with van der Waals surface area (Å²) in [6.07, 6.45) is 2.85. The summed E-state index contributed by atoms with van der Waals surface area (Å²) >= 11 is 5.77. The standard InChI is InChI=1S/C12H14ClN3O2/c13-10-2-1-9(7-14-10)15-5-6-16(11(17)18)12(8-15)3-4-12/h1-2,7H,3-6,8H2,(H,17,18). The van der Waals surface area contributed by atoms with Crippen molar-refractivity contribution >= 4 is 23.4 Å². The molecule has 6 heteroatoms. The number of hydrogen-bond donors (Lipinski definition) is 1. The zero-order valence-electron chi connectivity index (χ0n) is 9.84. The van der Waals surface area contributed by atoms with Gasteiger partial charge in [-0.2, -0.15) is 0 Å². The first-order valence-corrected chi connectivity index (χ1v) is 6.36. The van der Waals surface area contributed by atoms with E-state index in [1.54, 1.807) is 17.2 Å². The molecule has 1 aliphatic heterocycles. The summed E-state index contributed by atoms with van der Waals surface area (Å²) in [6.45, 7) is 2.01. The highest BCUT2D eigenvalue weighted by atomic mass is 35.5. The quantitative estimate of drug-likeness (QED) is 0.792. The summed E-state index contributed by atoms with van der Waals surface area (Å²) in [5.74, 6) is 0. The average molecular weight is 268 g/mol. The van der Waals surface area contributed by atoms with E-state index in [1.807, 2.05) is 6.07 Å². The van der Waals surface area contributed by atoms with Crippen molar-refractivity contribution in [2.24, 2.45) is 0 Å². The maximum Gasteiger partial charge on any atom is 0.407 e. The molecule has 0 atom stereocenters. The van der Waals surface area contributed by atoms with Gasteiger partial charge in [-0.25, -0.2) is 9.78 Å². The van der Waals surface area contributed by atoms with Gasteiger partial charge in [-0.05, 0) is 25.0 Å². The fraction of sp³-hybridized carbons (Fsp3) is 0.500. The first-order valence-electron chi connectivity index (χ1n) is 5.98. The van der Waals surface area contributed by atoms with Gasteiger partial charge in [-0.15, -0.1) is 0 Å². The van der Waals surface area contributed by atoms with Gasteiger partial charge in [0.2, 0.25) is 0 Å². The minimum atomic E-state index is -0.804. The summed E-state index contributed by atoms with van der Waals surface area (Å²) in [7, 11) is 0. The highest BCUT2D eigenvalue weighted by molar-refractivity contribution is 6.29. The lowest BCUT2D eigenvalue weighted by Gasteiger charge is -2.41. The van der Waals surface area contributed by atoms with E-state index in [9.17, 15) is 9.90 Å². The van der Waals surface area contributed by atoms with Crippen LogP contribution in [0.15, 0.2) is 18.3 Å². The Morgan fingerprint density at radius 3 is 2.72 bits per heavy atom. The fourth-order valence-electron chi connectivity index (χ4n) is 2.62. The Balaban J connectivity index is 1.78. The van der Waals surface area contributed by atoms with Crippen LogP contribution >= 0.6 is 11.6 Å². The molecule has 5 nitrogen and oxygen atoms in total. The molecule has 96 valence electrons. The van der Waals surface area contributed by atoms with Crippen molar-refractivity contribution in [1.82, 2.24) is 9.88 Å². The minimum absolute atomic E-state index is 0.163. The molecule has 18 heavy (non-hydrogen) atoms. The first-order chi connectivity index (χ1) is 8.61. The number of halogens is 1. The third kappa shape index (κ3) is 1.88. The zero-order chi connectivity index (χ0) is 12.8. The summed E-state index contributed by atoms with van der Waals surface area (Å²) in [5, 5.41) is 9.66. The molecule has 1 saturated heterocycles. The van der Waals surface area contributed by atoms with Gasteiger partial charge in [0.1, 0.15) is 5.15 Å². The fourth-order valence-corrected chi connectivity index (χ4v) is 2.74. The topological polar surface area (TPSA) is 56.7 Å². The third-order valence-corrected chi connectivity index (χ3v) is 4.01. The van der Waals surface area contributed by atoms with Gasteiger partial charge in [0.15, 0.2) is 0 Å². The van der Waals surface area contributed by atoms with E-state index >= 15 is 0 Å². The van der Waals surface area contributed by atoms with Crippen LogP contribution in [-0.2, 0) is 0 Å². The number of anilines is 1. The average Bonchev–Trinajstić information content (AvgIpc) is 3.09. The molecule has 0 aromatic carbocycles. The molecule has 2 heterocycles. The molecular formula is C12H14ClN3O2. The monoisotopic (exact) mass is 267 g/mol. The normalized spacial score (nSPS) is 21.2. The van der Waals surface area contributed by atoms with E-state index in [-0.39, 0.29) is 5.54 Å². The van der Waals surface area contributed by atoms with Crippen LogP contribution in [0.1, 0.15) is 12.8 Å². The van der Waals surface area contributed by atoms with Gasteiger partial charge < -0.3 is 10.0 Å². The molecule has 1 saturated carbocycles. The molecule has 1 N–H and O–H groups in total. The molecule has 0 radical (unpaired) electrons. The molecular weight excluding hydrogens is 254 g/mol. The van der Waals surface area contributed by atoms with Gasteiger partial charge in [0.05, 0.1) is 17.4 Å². The Kier molecular flexibility index (Phi) is 2.59. The molecule has 0 unspecified atom stereocenters. The zero-order valence-corrected chi connectivity index (χ0v) is 10.6. The molecule has 0 bridgehead atoms. The third-order valence-electron chi connectivity index (χ3n) is 3.79. The van der Waals surface area contributed by atoms with E-state index < -0.39 is 6.09 Å². The SMILES string of the molecule is O=C(O)N1CCN(c2ccc(Cl)nc2)CC12CC2. The Bertz CT molecular complexity index is 473. The van der Waals surface area contributed by atoms with E-state index in [1.165, 1.54) is 0 Å². The van der Waals surface area contributed by atoms with Crippen LogP contribution in [-0.4, -0.2) is 46.3 Å². The lowest BCUT2D eigenvalue weighted by Crippen LogP contribution is -2.56. The van der Waals surface area contributed by atoms with E-state index in [2.05, 4.69) is 9.88 Å². The molecule has 1 aromatic rings. The minimum Gasteiger partial charge on any atom is -0.465 e. The van der Waals surface area contributed by atoms with E-state index in [4.69, 9.17) is 11.6 Å². The van der Waals surface area contributed by atoms with Crippen molar-refractivity contribution < 1.29 is 9.90 Å². The molecule has 1 amide bonds. The van der Waals surface area contributed by atoms with Crippen LogP contribution in [0.5, 0.6) is 0 Å². The molecule has 1 aromatic heterocycles. The Labute approximate surface area is 110 Å². The summed E-state index contributed by atoms with van der Waals surface area (Å²) < 4.78 is 0. The lowest BCUT2D eigenvalue weighted by molar-refractivity contribution is 0.110. The second kappa shape index (κ2) is 4.02. The van der Waals surface area contributed by atoms with Crippen LogP contribution in [0, 0.1) is 0 Å². The number of pyridine rings is 1. The lowest BCUT2D eigenvalue weighted by atomic mass is 10.1. The summed E-state index contributed by atoms with van der Waals surface area (Å²) in [4.78, 5) is 19.0. The van der Waals surface area contributed by atoms with Crippen molar-refractivity contribution in [3.8, 4) is 0 Å². The second-order valence-corrected chi connectivity index (χ2v) is 5.31. The maximum absolute atomic E-state index is 11.2. The number of carboxylic acid groups (broad SMARTS) is 1. The summed E-state index contributed by atoms with van der Waals surface area (Å²) in [6, 6.07) is 3.70. The predicted octanol–water partition coefficient (Wildman–Crippen LogP) is 2.07. The van der Waals surface area contributed by atoms with Gasteiger partial charge in [-0.1, -0.05) is 11.6 Å². The number of rotatable bonds is 1. The first kappa shape index (κ1) is 11.6. The molecule has 2 aliphatic rings. The number of amides is 1. The van der Waals surface area contributed by atoms with Crippen molar-refractivity contribution in [3.63, 3.8) is 0 Å². The van der Waals surface area contributed by atoms with Crippen molar-refractivity contribution in [2.75, 3.05) is 24.5 Å². The number of piperazine rings is 1. The largest absolute Gasteiger partial charge is 0.465 e. The number of aromatic nitrogens is 1. The predicted molar refractivity (Wildman–Crippen MR) is 68.2 cm³/mol. The van der Waals surface area contributed by atoms with Crippen LogP contribution in [0.4, 0.5) is 10.5 Å². The van der Waals surface area contributed by atoms with Crippen LogP contribution < -0.4 is 4.90 Å². The Morgan fingerprint density at radius 2 is 2.17 bits per heavy atom. The van der Waals surface area contributed by atoms with Crippen molar-refractivity contribution in [3.05, 3.63) is 23.5 Å².